The molecule has 0 spiro atoms. The molecule has 2 heterocycles. The Morgan fingerprint density at radius 2 is 2.00 bits per heavy atom. The number of aromatic nitrogens is 2. The highest BCUT2D eigenvalue weighted by Gasteiger charge is 2.22. The Kier molecular flexibility index (Phi) is 4.68. The molecule has 4 nitrogen and oxygen atoms in total. The van der Waals surface area contributed by atoms with E-state index in [4.69, 9.17) is 0 Å². The number of imidazole rings is 1. The van der Waals surface area contributed by atoms with Gasteiger partial charge >= 0.3 is 0 Å². The van der Waals surface area contributed by atoms with E-state index in [1.54, 1.807) is 6.33 Å². The number of aromatic amines is 1. The van der Waals surface area contributed by atoms with Crippen LogP contribution in [0.15, 0.2) is 36.7 Å². The second kappa shape index (κ2) is 6.87. The van der Waals surface area contributed by atoms with E-state index in [0.29, 0.717) is 6.04 Å². The first-order valence-corrected chi connectivity index (χ1v) is 7.83. The quantitative estimate of drug-likeness (QED) is 0.857. The molecule has 21 heavy (non-hydrogen) atoms. The van der Waals surface area contributed by atoms with Gasteiger partial charge in [0, 0.05) is 24.8 Å². The second-order valence-electron chi connectivity index (χ2n) is 5.77. The third kappa shape index (κ3) is 3.52. The first-order chi connectivity index (χ1) is 10.3. The third-order valence-electron chi connectivity index (χ3n) is 4.33. The topological polar surface area (TPSA) is 44.0 Å². The minimum absolute atomic E-state index is 0.466. The number of nitrogens with one attached hydrogen (secondary N) is 2. The summed E-state index contributed by atoms with van der Waals surface area (Å²) in [6.07, 6.45) is 4.41. The molecule has 1 aliphatic rings. The van der Waals surface area contributed by atoms with Crippen LogP contribution in [0.1, 0.15) is 35.8 Å². The van der Waals surface area contributed by atoms with E-state index in [-0.39, 0.29) is 0 Å². The number of hydrogen-bond acceptors (Lipinski definition) is 3. The van der Waals surface area contributed by atoms with E-state index in [1.807, 2.05) is 0 Å². The van der Waals surface area contributed by atoms with Crippen molar-refractivity contribution < 1.29 is 0 Å². The van der Waals surface area contributed by atoms with Gasteiger partial charge in [-0.2, -0.15) is 0 Å². The maximum absolute atomic E-state index is 4.35. The van der Waals surface area contributed by atoms with Crippen LogP contribution in [0.4, 0.5) is 0 Å². The van der Waals surface area contributed by atoms with Crippen molar-refractivity contribution in [3.8, 4) is 0 Å². The normalized spacial score (nSPS) is 17.2. The SMILES string of the molecule is Cc1[nH]cnc1CNCC(c1ccccc1)N1CCCC1. The van der Waals surface area contributed by atoms with E-state index in [2.05, 4.69) is 57.4 Å². The zero-order valence-corrected chi connectivity index (χ0v) is 12.7. The number of H-pyrrole nitrogens is 1. The summed E-state index contributed by atoms with van der Waals surface area (Å²) >= 11 is 0. The Morgan fingerprint density at radius 1 is 1.24 bits per heavy atom. The summed E-state index contributed by atoms with van der Waals surface area (Å²) in [6, 6.07) is 11.3. The smallest absolute Gasteiger partial charge is 0.0925 e. The van der Waals surface area contributed by atoms with Crippen molar-refractivity contribution in [3.63, 3.8) is 0 Å². The first-order valence-electron chi connectivity index (χ1n) is 7.83. The molecule has 1 fully saturated rings. The van der Waals surface area contributed by atoms with E-state index in [9.17, 15) is 0 Å². The van der Waals surface area contributed by atoms with Crippen LogP contribution in [-0.4, -0.2) is 34.5 Å². The van der Waals surface area contributed by atoms with Gasteiger partial charge in [0.1, 0.15) is 0 Å². The van der Waals surface area contributed by atoms with Gasteiger partial charge < -0.3 is 10.3 Å². The van der Waals surface area contributed by atoms with E-state index < -0.39 is 0 Å². The van der Waals surface area contributed by atoms with Gasteiger partial charge in [-0.25, -0.2) is 4.98 Å². The lowest BCUT2D eigenvalue weighted by Crippen LogP contribution is -2.34. The van der Waals surface area contributed by atoms with Gasteiger partial charge in [-0.3, -0.25) is 4.90 Å². The maximum atomic E-state index is 4.35. The van der Waals surface area contributed by atoms with Crippen molar-refractivity contribution in [3.05, 3.63) is 53.6 Å². The predicted octanol–water partition coefficient (Wildman–Crippen LogP) is 2.64. The minimum Gasteiger partial charge on any atom is -0.348 e. The Labute approximate surface area is 126 Å². The molecule has 1 unspecified atom stereocenters. The van der Waals surface area contributed by atoms with Crippen molar-refractivity contribution in [1.29, 1.82) is 0 Å². The maximum Gasteiger partial charge on any atom is 0.0925 e. The lowest BCUT2D eigenvalue weighted by atomic mass is 10.1. The summed E-state index contributed by atoms with van der Waals surface area (Å²) in [6.45, 7) is 6.29. The van der Waals surface area contributed by atoms with E-state index >= 15 is 0 Å². The number of hydrogen-bond donors (Lipinski definition) is 2. The molecule has 0 radical (unpaired) electrons. The van der Waals surface area contributed by atoms with Crippen molar-refractivity contribution in [2.45, 2.75) is 32.4 Å². The summed E-state index contributed by atoms with van der Waals surface area (Å²) in [7, 11) is 0. The summed E-state index contributed by atoms with van der Waals surface area (Å²) < 4.78 is 0. The van der Waals surface area contributed by atoms with Crippen LogP contribution in [0.2, 0.25) is 0 Å². The van der Waals surface area contributed by atoms with Crippen LogP contribution in [0.3, 0.4) is 0 Å². The minimum atomic E-state index is 0.466. The van der Waals surface area contributed by atoms with Crippen LogP contribution in [0.5, 0.6) is 0 Å². The van der Waals surface area contributed by atoms with Crippen LogP contribution in [-0.2, 0) is 6.54 Å². The molecular formula is C17H24N4. The van der Waals surface area contributed by atoms with Crippen molar-refractivity contribution in [2.24, 2.45) is 0 Å². The van der Waals surface area contributed by atoms with Gasteiger partial charge in [0.2, 0.25) is 0 Å². The molecule has 1 aliphatic heterocycles. The number of likely N-dealkylation sites (tertiary alicyclic amines) is 1. The monoisotopic (exact) mass is 284 g/mol. The fourth-order valence-electron chi connectivity index (χ4n) is 3.08. The third-order valence-corrected chi connectivity index (χ3v) is 4.33. The molecule has 0 aliphatic carbocycles. The molecule has 2 N–H and O–H groups in total. The summed E-state index contributed by atoms with van der Waals surface area (Å²) in [5.41, 5.74) is 3.67. The molecule has 1 aromatic heterocycles. The first kappa shape index (κ1) is 14.3. The summed E-state index contributed by atoms with van der Waals surface area (Å²) in [5.74, 6) is 0. The highest BCUT2D eigenvalue weighted by Crippen LogP contribution is 2.24. The largest absolute Gasteiger partial charge is 0.348 e. The van der Waals surface area contributed by atoms with Gasteiger partial charge in [-0.1, -0.05) is 30.3 Å². The summed E-state index contributed by atoms with van der Waals surface area (Å²) in [4.78, 5) is 10.1. The molecule has 0 bridgehead atoms. The van der Waals surface area contributed by atoms with Gasteiger partial charge in [-0.15, -0.1) is 0 Å². The molecule has 1 aromatic carbocycles. The number of benzene rings is 1. The van der Waals surface area contributed by atoms with Crippen LogP contribution in [0.25, 0.3) is 0 Å². The van der Waals surface area contributed by atoms with Gasteiger partial charge in [0.15, 0.2) is 0 Å². The van der Waals surface area contributed by atoms with Gasteiger partial charge in [0.05, 0.1) is 12.0 Å². The number of rotatable bonds is 6. The average molecular weight is 284 g/mol. The lowest BCUT2D eigenvalue weighted by Gasteiger charge is -2.28. The van der Waals surface area contributed by atoms with Gasteiger partial charge in [-0.05, 0) is 38.4 Å². The zero-order chi connectivity index (χ0) is 14.5. The van der Waals surface area contributed by atoms with Crippen molar-refractivity contribution >= 4 is 0 Å². The Hall–Kier alpha value is -1.65. The molecule has 1 atom stereocenters. The lowest BCUT2D eigenvalue weighted by molar-refractivity contribution is 0.238. The van der Waals surface area contributed by atoms with E-state index in [1.165, 1.54) is 31.5 Å². The van der Waals surface area contributed by atoms with Crippen LogP contribution >= 0.6 is 0 Å². The molecule has 1 saturated heterocycles. The van der Waals surface area contributed by atoms with Gasteiger partial charge in [0.25, 0.3) is 0 Å². The standard InChI is InChI=1S/C17H24N4/c1-14-16(20-13-19-14)11-18-12-17(21-9-5-6-10-21)15-7-3-2-4-8-15/h2-4,7-8,13,17-18H,5-6,9-12H2,1H3,(H,19,20). The average Bonchev–Trinajstić information content (AvgIpc) is 3.17. The number of nitrogens with zero attached hydrogens (tertiary/aromatic N) is 2. The van der Waals surface area contributed by atoms with E-state index in [0.717, 1.165) is 24.5 Å². The zero-order valence-electron chi connectivity index (χ0n) is 12.7. The number of aryl methyl sites for hydroxylation is 1. The van der Waals surface area contributed by atoms with Crippen LogP contribution < -0.4 is 5.32 Å². The summed E-state index contributed by atoms with van der Waals surface area (Å²) in [5, 5.41) is 3.58. The van der Waals surface area contributed by atoms with Crippen LogP contribution in [0, 0.1) is 6.92 Å². The predicted molar refractivity (Wildman–Crippen MR) is 85.0 cm³/mol. The molecule has 4 heteroatoms. The van der Waals surface area contributed by atoms with Crippen molar-refractivity contribution in [1.82, 2.24) is 20.2 Å². The fraction of sp³-hybridized carbons (Fsp3) is 0.471. The molecular weight excluding hydrogens is 260 g/mol. The molecule has 0 amide bonds. The highest BCUT2D eigenvalue weighted by molar-refractivity contribution is 5.20. The van der Waals surface area contributed by atoms with Crippen molar-refractivity contribution in [2.75, 3.05) is 19.6 Å². The Bertz CT molecular complexity index is 543. The second-order valence-corrected chi connectivity index (χ2v) is 5.77. The molecule has 3 rings (SSSR count). The Morgan fingerprint density at radius 3 is 2.67 bits per heavy atom. The highest BCUT2D eigenvalue weighted by atomic mass is 15.2. The molecule has 2 aromatic rings. The molecule has 112 valence electrons. The fourth-order valence-corrected chi connectivity index (χ4v) is 3.08. The molecule has 0 saturated carbocycles. The Balaban J connectivity index is 1.63.